The summed E-state index contributed by atoms with van der Waals surface area (Å²) in [7, 11) is 0. The first-order valence-corrected chi connectivity index (χ1v) is 8.14. The molecule has 1 aliphatic rings. The third-order valence-electron chi connectivity index (χ3n) is 3.98. The van der Waals surface area contributed by atoms with Crippen molar-refractivity contribution in [1.82, 2.24) is 9.88 Å². The van der Waals surface area contributed by atoms with Crippen molar-refractivity contribution < 1.29 is 0 Å². The van der Waals surface area contributed by atoms with Gasteiger partial charge in [-0.15, -0.1) is 11.3 Å². The zero-order chi connectivity index (χ0) is 13.8. The van der Waals surface area contributed by atoms with Crippen LogP contribution in [0.15, 0.2) is 36.5 Å². The van der Waals surface area contributed by atoms with Crippen molar-refractivity contribution in [1.29, 1.82) is 0 Å². The average molecular weight is 287 g/mol. The Labute approximate surface area is 124 Å². The van der Waals surface area contributed by atoms with E-state index in [4.69, 9.17) is 5.73 Å². The molecule has 1 saturated heterocycles. The Kier molecular flexibility index (Phi) is 4.33. The van der Waals surface area contributed by atoms with Gasteiger partial charge in [-0.25, -0.2) is 4.98 Å². The van der Waals surface area contributed by atoms with Crippen LogP contribution in [0.1, 0.15) is 42.2 Å². The van der Waals surface area contributed by atoms with Crippen molar-refractivity contribution in [3.63, 3.8) is 0 Å². The molecule has 0 radical (unpaired) electrons. The Morgan fingerprint density at radius 1 is 1.20 bits per heavy atom. The number of thiazole rings is 1. The minimum atomic E-state index is 0.530. The SMILES string of the molecule is Nc1ncc(CN2CCCCCC2c2ccccc2)s1. The molecular formula is C16H21N3S. The number of aromatic nitrogens is 1. The molecular weight excluding hydrogens is 266 g/mol. The number of nitrogens with two attached hydrogens (primary N) is 1. The van der Waals surface area contributed by atoms with E-state index in [0.29, 0.717) is 11.2 Å². The molecule has 1 aliphatic heterocycles. The van der Waals surface area contributed by atoms with Crippen LogP contribution in [-0.4, -0.2) is 16.4 Å². The van der Waals surface area contributed by atoms with Crippen LogP contribution in [0.3, 0.4) is 0 Å². The minimum Gasteiger partial charge on any atom is -0.375 e. The molecule has 4 heteroatoms. The van der Waals surface area contributed by atoms with Crippen molar-refractivity contribution in [3.8, 4) is 0 Å². The normalized spacial score (nSPS) is 20.7. The molecule has 0 aliphatic carbocycles. The molecule has 0 amide bonds. The molecule has 106 valence electrons. The van der Waals surface area contributed by atoms with Gasteiger partial charge >= 0.3 is 0 Å². The molecule has 1 unspecified atom stereocenters. The lowest BCUT2D eigenvalue weighted by Crippen LogP contribution is -2.27. The lowest BCUT2D eigenvalue weighted by atomic mass is 10.0. The Balaban J connectivity index is 1.80. The summed E-state index contributed by atoms with van der Waals surface area (Å²) in [6.45, 7) is 2.13. The smallest absolute Gasteiger partial charge is 0.180 e. The number of anilines is 1. The molecule has 0 saturated carbocycles. The van der Waals surface area contributed by atoms with Gasteiger partial charge in [-0.05, 0) is 24.9 Å². The number of rotatable bonds is 3. The van der Waals surface area contributed by atoms with Crippen LogP contribution in [0, 0.1) is 0 Å². The summed E-state index contributed by atoms with van der Waals surface area (Å²) in [5.41, 5.74) is 7.19. The van der Waals surface area contributed by atoms with Gasteiger partial charge in [0.05, 0.1) is 0 Å². The van der Waals surface area contributed by atoms with Gasteiger partial charge in [-0.2, -0.15) is 0 Å². The molecule has 0 bridgehead atoms. The van der Waals surface area contributed by atoms with Gasteiger partial charge in [0.1, 0.15) is 0 Å². The predicted octanol–water partition coefficient (Wildman–Crippen LogP) is 3.84. The van der Waals surface area contributed by atoms with Crippen LogP contribution in [0.2, 0.25) is 0 Å². The molecule has 3 rings (SSSR count). The van der Waals surface area contributed by atoms with E-state index in [1.54, 1.807) is 11.3 Å². The first-order valence-electron chi connectivity index (χ1n) is 7.32. The zero-order valence-corrected chi connectivity index (χ0v) is 12.5. The summed E-state index contributed by atoms with van der Waals surface area (Å²) >= 11 is 1.61. The summed E-state index contributed by atoms with van der Waals surface area (Å²) in [6.07, 6.45) is 7.12. The summed E-state index contributed by atoms with van der Waals surface area (Å²) in [4.78, 5) is 8.03. The number of nitrogen functional groups attached to an aromatic ring is 1. The van der Waals surface area contributed by atoms with Gasteiger partial charge < -0.3 is 5.73 Å². The number of benzene rings is 1. The van der Waals surface area contributed by atoms with Crippen LogP contribution in [0.25, 0.3) is 0 Å². The highest BCUT2D eigenvalue weighted by atomic mass is 32.1. The molecule has 1 atom stereocenters. The van der Waals surface area contributed by atoms with E-state index in [9.17, 15) is 0 Å². The van der Waals surface area contributed by atoms with E-state index in [2.05, 4.69) is 40.2 Å². The van der Waals surface area contributed by atoms with Gasteiger partial charge in [0.25, 0.3) is 0 Å². The first kappa shape index (κ1) is 13.6. The van der Waals surface area contributed by atoms with E-state index < -0.39 is 0 Å². The van der Waals surface area contributed by atoms with Crippen molar-refractivity contribution in [2.75, 3.05) is 12.3 Å². The second kappa shape index (κ2) is 6.37. The van der Waals surface area contributed by atoms with Crippen LogP contribution < -0.4 is 5.73 Å². The molecule has 0 spiro atoms. The Bertz CT molecular complexity index is 538. The van der Waals surface area contributed by atoms with Crippen molar-refractivity contribution in [2.24, 2.45) is 0 Å². The van der Waals surface area contributed by atoms with Crippen molar-refractivity contribution in [3.05, 3.63) is 47.0 Å². The van der Waals surface area contributed by atoms with Crippen LogP contribution in [0.4, 0.5) is 5.13 Å². The highest BCUT2D eigenvalue weighted by Crippen LogP contribution is 2.32. The maximum Gasteiger partial charge on any atom is 0.180 e. The van der Waals surface area contributed by atoms with Gasteiger partial charge in [0, 0.05) is 23.7 Å². The number of nitrogens with zero attached hydrogens (tertiary/aromatic N) is 2. The van der Waals surface area contributed by atoms with Crippen molar-refractivity contribution in [2.45, 2.75) is 38.3 Å². The third-order valence-corrected chi connectivity index (χ3v) is 4.79. The van der Waals surface area contributed by atoms with Gasteiger partial charge in [-0.3, -0.25) is 4.90 Å². The minimum absolute atomic E-state index is 0.530. The number of likely N-dealkylation sites (tertiary alicyclic amines) is 1. The Morgan fingerprint density at radius 3 is 2.80 bits per heavy atom. The monoisotopic (exact) mass is 287 g/mol. The van der Waals surface area contributed by atoms with E-state index in [-0.39, 0.29) is 0 Å². The van der Waals surface area contributed by atoms with E-state index in [1.807, 2.05) is 6.20 Å². The van der Waals surface area contributed by atoms with E-state index >= 15 is 0 Å². The fourth-order valence-corrected chi connectivity index (χ4v) is 3.72. The standard InChI is InChI=1S/C16H21N3S/c17-16-18-11-14(20-16)12-19-10-6-2-5-9-15(19)13-7-3-1-4-8-13/h1,3-4,7-8,11,15H,2,5-6,9-10,12H2,(H2,17,18). The number of hydrogen-bond donors (Lipinski definition) is 1. The van der Waals surface area contributed by atoms with Gasteiger partial charge in [0.15, 0.2) is 5.13 Å². The van der Waals surface area contributed by atoms with Gasteiger partial charge in [-0.1, -0.05) is 43.2 Å². The topological polar surface area (TPSA) is 42.1 Å². The second-order valence-electron chi connectivity index (χ2n) is 5.41. The molecule has 1 aromatic heterocycles. The average Bonchev–Trinajstić information content (AvgIpc) is 2.74. The molecule has 20 heavy (non-hydrogen) atoms. The summed E-state index contributed by atoms with van der Waals surface area (Å²) in [5, 5.41) is 0.672. The van der Waals surface area contributed by atoms with Gasteiger partial charge in [0.2, 0.25) is 0 Å². The van der Waals surface area contributed by atoms with Crippen LogP contribution in [-0.2, 0) is 6.54 Å². The molecule has 2 N–H and O–H groups in total. The van der Waals surface area contributed by atoms with E-state index in [1.165, 1.54) is 36.1 Å². The number of hydrogen-bond acceptors (Lipinski definition) is 4. The van der Waals surface area contributed by atoms with Crippen LogP contribution in [0.5, 0.6) is 0 Å². The summed E-state index contributed by atoms with van der Waals surface area (Å²) in [6, 6.07) is 11.4. The predicted molar refractivity (Wildman–Crippen MR) is 84.6 cm³/mol. The largest absolute Gasteiger partial charge is 0.375 e. The lowest BCUT2D eigenvalue weighted by Gasteiger charge is -2.29. The molecule has 2 aromatic rings. The highest BCUT2D eigenvalue weighted by molar-refractivity contribution is 7.15. The lowest BCUT2D eigenvalue weighted by molar-refractivity contribution is 0.194. The zero-order valence-electron chi connectivity index (χ0n) is 11.7. The second-order valence-corrected chi connectivity index (χ2v) is 6.56. The third kappa shape index (κ3) is 3.19. The van der Waals surface area contributed by atoms with E-state index in [0.717, 1.165) is 13.1 Å². The first-order chi connectivity index (χ1) is 9.83. The fraction of sp³-hybridized carbons (Fsp3) is 0.438. The Morgan fingerprint density at radius 2 is 2.05 bits per heavy atom. The summed E-state index contributed by atoms with van der Waals surface area (Å²) < 4.78 is 0. The fourth-order valence-electron chi connectivity index (χ4n) is 3.01. The maximum atomic E-state index is 5.75. The molecule has 1 aromatic carbocycles. The highest BCUT2D eigenvalue weighted by Gasteiger charge is 2.23. The van der Waals surface area contributed by atoms with Crippen molar-refractivity contribution >= 4 is 16.5 Å². The molecule has 1 fully saturated rings. The molecule has 3 nitrogen and oxygen atoms in total. The summed E-state index contributed by atoms with van der Waals surface area (Å²) in [5.74, 6) is 0. The molecule has 2 heterocycles. The maximum absolute atomic E-state index is 5.75. The van der Waals surface area contributed by atoms with Crippen LogP contribution >= 0.6 is 11.3 Å². The Hall–Kier alpha value is -1.39. The quantitative estimate of drug-likeness (QED) is 0.932.